The first-order chi connectivity index (χ1) is 8.66. The number of aliphatic hydroxyl groups excluding tert-OH is 1. The summed E-state index contributed by atoms with van der Waals surface area (Å²) in [6, 6.07) is 3.88. The maximum atomic E-state index is 12.1. The molecule has 0 bridgehead atoms. The molecule has 0 radical (unpaired) electrons. The van der Waals surface area contributed by atoms with Crippen LogP contribution in [0.2, 0.25) is 0 Å². The molecule has 1 amide bonds. The van der Waals surface area contributed by atoms with Crippen molar-refractivity contribution in [1.29, 1.82) is 0 Å². The molecule has 18 heavy (non-hydrogen) atoms. The Balaban J connectivity index is 1.82. The highest BCUT2D eigenvalue weighted by molar-refractivity contribution is 5.76. The molecule has 0 aliphatic carbocycles. The molecule has 1 N–H and O–H groups in total. The second kappa shape index (κ2) is 5.96. The summed E-state index contributed by atoms with van der Waals surface area (Å²) in [5, 5.41) is 9.64. The van der Waals surface area contributed by atoms with Gasteiger partial charge < -0.3 is 10.0 Å². The lowest BCUT2D eigenvalue weighted by atomic mass is 9.96. The highest BCUT2D eigenvalue weighted by Crippen LogP contribution is 2.17. The van der Waals surface area contributed by atoms with Crippen molar-refractivity contribution in [2.75, 3.05) is 13.1 Å². The van der Waals surface area contributed by atoms with Crippen molar-refractivity contribution in [2.45, 2.75) is 32.3 Å². The van der Waals surface area contributed by atoms with E-state index in [4.69, 9.17) is 0 Å². The minimum absolute atomic E-state index is 0.184. The second-order valence-corrected chi connectivity index (χ2v) is 5.03. The first-order valence-electron chi connectivity index (χ1n) is 6.51. The largest absolute Gasteiger partial charge is 0.393 e. The van der Waals surface area contributed by atoms with E-state index in [0.29, 0.717) is 25.9 Å². The average molecular weight is 248 g/mol. The summed E-state index contributed by atoms with van der Waals surface area (Å²) in [6.07, 6.45) is 5.23. The molecule has 0 spiro atoms. The fourth-order valence-corrected chi connectivity index (χ4v) is 2.32. The number of aryl methyl sites for hydroxylation is 1. The van der Waals surface area contributed by atoms with Crippen molar-refractivity contribution >= 4 is 5.91 Å². The SMILES string of the molecule is CC1CN(C(=O)CCc2ccncc2)CCC1O. The van der Waals surface area contributed by atoms with Crippen LogP contribution in [-0.2, 0) is 11.2 Å². The van der Waals surface area contributed by atoms with Crippen molar-refractivity contribution in [3.8, 4) is 0 Å². The van der Waals surface area contributed by atoms with Crippen LogP contribution in [0, 0.1) is 5.92 Å². The van der Waals surface area contributed by atoms with Gasteiger partial charge in [-0.1, -0.05) is 6.92 Å². The molecule has 0 aromatic carbocycles. The van der Waals surface area contributed by atoms with E-state index in [2.05, 4.69) is 4.98 Å². The summed E-state index contributed by atoms with van der Waals surface area (Å²) in [4.78, 5) is 17.9. The van der Waals surface area contributed by atoms with Crippen LogP contribution in [0.1, 0.15) is 25.3 Å². The molecule has 2 atom stereocenters. The summed E-state index contributed by atoms with van der Waals surface area (Å²) in [5.41, 5.74) is 1.14. The standard InChI is InChI=1S/C14H20N2O2/c1-11-10-16(9-6-13(11)17)14(18)3-2-12-4-7-15-8-5-12/h4-5,7-8,11,13,17H,2-3,6,9-10H2,1H3. The zero-order valence-electron chi connectivity index (χ0n) is 10.7. The van der Waals surface area contributed by atoms with E-state index >= 15 is 0 Å². The number of piperidine rings is 1. The van der Waals surface area contributed by atoms with E-state index in [9.17, 15) is 9.90 Å². The second-order valence-electron chi connectivity index (χ2n) is 5.03. The molecule has 1 saturated heterocycles. The monoisotopic (exact) mass is 248 g/mol. The Bertz CT molecular complexity index is 394. The number of nitrogens with zero attached hydrogens (tertiary/aromatic N) is 2. The fraction of sp³-hybridized carbons (Fsp3) is 0.571. The molecule has 1 aromatic heterocycles. The predicted molar refractivity (Wildman–Crippen MR) is 68.9 cm³/mol. The van der Waals surface area contributed by atoms with E-state index in [1.165, 1.54) is 0 Å². The predicted octanol–water partition coefficient (Wildman–Crippen LogP) is 1.24. The Labute approximate surface area is 108 Å². The van der Waals surface area contributed by atoms with Crippen molar-refractivity contribution in [2.24, 2.45) is 5.92 Å². The lowest BCUT2D eigenvalue weighted by Gasteiger charge is -2.34. The van der Waals surface area contributed by atoms with Gasteiger partial charge in [0.1, 0.15) is 0 Å². The quantitative estimate of drug-likeness (QED) is 0.875. The fourth-order valence-electron chi connectivity index (χ4n) is 2.32. The van der Waals surface area contributed by atoms with Gasteiger partial charge >= 0.3 is 0 Å². The molecule has 2 unspecified atom stereocenters. The van der Waals surface area contributed by atoms with Crippen LogP contribution in [0.5, 0.6) is 0 Å². The molecule has 4 heteroatoms. The van der Waals surface area contributed by atoms with Gasteiger partial charge in [0.05, 0.1) is 6.10 Å². The molecule has 1 aromatic rings. The third-order valence-corrected chi connectivity index (χ3v) is 3.59. The van der Waals surface area contributed by atoms with Crippen LogP contribution < -0.4 is 0 Å². The van der Waals surface area contributed by atoms with Gasteiger partial charge in [0.25, 0.3) is 0 Å². The number of amides is 1. The number of carbonyl (C=O) groups is 1. The summed E-state index contributed by atoms with van der Waals surface area (Å²) >= 11 is 0. The lowest BCUT2D eigenvalue weighted by molar-refractivity contribution is -0.134. The van der Waals surface area contributed by atoms with E-state index < -0.39 is 0 Å². The smallest absolute Gasteiger partial charge is 0.222 e. The molecule has 2 heterocycles. The minimum Gasteiger partial charge on any atom is -0.393 e. The number of hydrogen-bond acceptors (Lipinski definition) is 3. The Morgan fingerprint density at radius 3 is 2.89 bits per heavy atom. The minimum atomic E-state index is -0.255. The third kappa shape index (κ3) is 3.29. The number of carbonyl (C=O) groups excluding carboxylic acids is 1. The van der Waals surface area contributed by atoms with Crippen LogP contribution in [0.25, 0.3) is 0 Å². The van der Waals surface area contributed by atoms with E-state index in [1.807, 2.05) is 24.0 Å². The molecule has 4 nitrogen and oxygen atoms in total. The van der Waals surface area contributed by atoms with Gasteiger partial charge in [-0.3, -0.25) is 9.78 Å². The molecular formula is C14H20N2O2. The van der Waals surface area contributed by atoms with Gasteiger partial charge in [-0.2, -0.15) is 0 Å². The molecule has 1 aliphatic heterocycles. The van der Waals surface area contributed by atoms with Crippen LogP contribution in [0.15, 0.2) is 24.5 Å². The van der Waals surface area contributed by atoms with Crippen LogP contribution >= 0.6 is 0 Å². The number of likely N-dealkylation sites (tertiary alicyclic amines) is 1. The van der Waals surface area contributed by atoms with Gasteiger partial charge in [-0.15, -0.1) is 0 Å². The number of rotatable bonds is 3. The zero-order valence-corrected chi connectivity index (χ0v) is 10.7. The average Bonchev–Trinajstić information content (AvgIpc) is 2.40. The Kier molecular flexibility index (Phi) is 4.31. The molecule has 0 saturated carbocycles. The van der Waals surface area contributed by atoms with Gasteiger partial charge in [0.15, 0.2) is 0 Å². The highest BCUT2D eigenvalue weighted by Gasteiger charge is 2.26. The summed E-state index contributed by atoms with van der Waals surface area (Å²) in [6.45, 7) is 3.35. The Hall–Kier alpha value is -1.42. The molecule has 1 fully saturated rings. The number of aliphatic hydroxyl groups is 1. The van der Waals surface area contributed by atoms with Gasteiger partial charge in [-0.05, 0) is 36.5 Å². The lowest BCUT2D eigenvalue weighted by Crippen LogP contribution is -2.45. The van der Waals surface area contributed by atoms with Crippen molar-refractivity contribution in [3.63, 3.8) is 0 Å². The van der Waals surface area contributed by atoms with Crippen LogP contribution in [0.4, 0.5) is 0 Å². The van der Waals surface area contributed by atoms with Crippen molar-refractivity contribution in [3.05, 3.63) is 30.1 Å². The zero-order chi connectivity index (χ0) is 13.0. The molecular weight excluding hydrogens is 228 g/mol. The molecule has 2 rings (SSSR count). The van der Waals surface area contributed by atoms with E-state index in [-0.39, 0.29) is 17.9 Å². The maximum absolute atomic E-state index is 12.1. The maximum Gasteiger partial charge on any atom is 0.222 e. The van der Waals surface area contributed by atoms with Gasteiger partial charge in [0, 0.05) is 31.9 Å². The molecule has 1 aliphatic rings. The Morgan fingerprint density at radius 2 is 2.22 bits per heavy atom. The van der Waals surface area contributed by atoms with Crippen molar-refractivity contribution < 1.29 is 9.90 Å². The van der Waals surface area contributed by atoms with E-state index in [0.717, 1.165) is 12.0 Å². The topological polar surface area (TPSA) is 53.4 Å². The first-order valence-corrected chi connectivity index (χ1v) is 6.51. The van der Waals surface area contributed by atoms with Gasteiger partial charge in [0.2, 0.25) is 5.91 Å². The Morgan fingerprint density at radius 1 is 1.50 bits per heavy atom. The van der Waals surface area contributed by atoms with Crippen molar-refractivity contribution in [1.82, 2.24) is 9.88 Å². The number of aromatic nitrogens is 1. The van der Waals surface area contributed by atoms with Gasteiger partial charge in [-0.25, -0.2) is 0 Å². The third-order valence-electron chi connectivity index (χ3n) is 3.59. The van der Waals surface area contributed by atoms with Crippen LogP contribution in [-0.4, -0.2) is 40.1 Å². The van der Waals surface area contributed by atoms with Crippen LogP contribution in [0.3, 0.4) is 0 Å². The summed E-state index contributed by atoms with van der Waals surface area (Å²) in [7, 11) is 0. The highest BCUT2D eigenvalue weighted by atomic mass is 16.3. The summed E-state index contributed by atoms with van der Waals surface area (Å²) < 4.78 is 0. The number of hydrogen-bond donors (Lipinski definition) is 1. The first kappa shape index (κ1) is 13.0. The van der Waals surface area contributed by atoms with E-state index in [1.54, 1.807) is 12.4 Å². The molecule has 98 valence electrons. The normalized spacial score (nSPS) is 24.0. The number of pyridine rings is 1. The summed E-state index contributed by atoms with van der Waals surface area (Å²) in [5.74, 6) is 0.370.